The highest BCUT2D eigenvalue weighted by Crippen LogP contribution is 2.43. The van der Waals surface area contributed by atoms with Crippen LogP contribution < -0.4 is 0 Å². The Labute approximate surface area is 158 Å². The highest BCUT2D eigenvalue weighted by molar-refractivity contribution is 6.32. The predicted octanol–water partition coefficient (Wildman–Crippen LogP) is 2.84. The number of carboxylic acid groups (broad SMARTS) is 1. The zero-order valence-electron chi connectivity index (χ0n) is 14.9. The number of rotatable bonds is 4. The summed E-state index contributed by atoms with van der Waals surface area (Å²) in [7, 11) is 0. The third-order valence-electron chi connectivity index (χ3n) is 5.71. The van der Waals surface area contributed by atoms with Crippen molar-refractivity contribution in [2.45, 2.75) is 38.6 Å². The van der Waals surface area contributed by atoms with Crippen LogP contribution in [0.3, 0.4) is 0 Å². The van der Waals surface area contributed by atoms with Crippen LogP contribution in [0.4, 0.5) is 0 Å². The van der Waals surface area contributed by atoms with Crippen molar-refractivity contribution in [3.8, 4) is 5.75 Å². The molecule has 0 aromatic heterocycles. The highest BCUT2D eigenvalue weighted by atomic mass is 35.5. The molecule has 2 aliphatic rings. The van der Waals surface area contributed by atoms with Crippen LogP contribution in [0.25, 0.3) is 0 Å². The molecule has 2 fully saturated rings. The minimum absolute atomic E-state index is 0.0123. The van der Waals surface area contributed by atoms with Crippen molar-refractivity contribution in [3.05, 3.63) is 28.8 Å². The molecule has 2 saturated heterocycles. The van der Waals surface area contributed by atoms with E-state index in [2.05, 4.69) is 11.8 Å². The van der Waals surface area contributed by atoms with Gasteiger partial charge in [0.1, 0.15) is 11.8 Å². The lowest BCUT2D eigenvalue weighted by Gasteiger charge is -2.39. The largest absolute Gasteiger partial charge is 0.506 e. The third kappa shape index (κ3) is 3.67. The molecular formula is C19H25ClN2O4. The van der Waals surface area contributed by atoms with Crippen molar-refractivity contribution >= 4 is 23.5 Å². The standard InChI is InChI=1S/C19H25ClN2O4/c1-2-7-22-12-19(11-15(22)18(25)26)5-8-21(9-6-19)17(24)13-3-4-16(23)14(20)10-13/h3-4,10,15,23H,2,5-9,11-12H2,1H3,(H,25,26)/t15-/m1/s1. The summed E-state index contributed by atoms with van der Waals surface area (Å²) in [6.07, 6.45) is 3.23. The van der Waals surface area contributed by atoms with Crippen LogP contribution >= 0.6 is 11.6 Å². The first-order chi connectivity index (χ1) is 12.3. The van der Waals surface area contributed by atoms with E-state index in [1.54, 1.807) is 11.0 Å². The SMILES string of the molecule is CCCN1CC2(CCN(C(=O)c3ccc(O)c(Cl)c3)CC2)C[C@@H]1C(=O)O. The Hall–Kier alpha value is -1.79. The number of likely N-dealkylation sites (tertiary alicyclic amines) is 2. The summed E-state index contributed by atoms with van der Waals surface area (Å²) in [5.74, 6) is -0.880. The molecule has 0 saturated carbocycles. The van der Waals surface area contributed by atoms with Gasteiger partial charge < -0.3 is 15.1 Å². The van der Waals surface area contributed by atoms with Gasteiger partial charge in [0, 0.05) is 25.2 Å². The number of carboxylic acids is 1. The maximum Gasteiger partial charge on any atom is 0.320 e. The van der Waals surface area contributed by atoms with Crippen LogP contribution in [0.2, 0.25) is 5.02 Å². The lowest BCUT2D eigenvalue weighted by molar-refractivity contribution is -0.142. The van der Waals surface area contributed by atoms with Gasteiger partial charge in [0.05, 0.1) is 5.02 Å². The van der Waals surface area contributed by atoms with Crippen LogP contribution in [0.1, 0.15) is 43.0 Å². The van der Waals surface area contributed by atoms with Crippen molar-refractivity contribution < 1.29 is 19.8 Å². The minimum Gasteiger partial charge on any atom is -0.506 e. The van der Waals surface area contributed by atoms with Crippen LogP contribution in [-0.4, -0.2) is 64.1 Å². The number of carbonyl (C=O) groups excluding carboxylic acids is 1. The molecule has 1 atom stereocenters. The zero-order chi connectivity index (χ0) is 18.9. The van der Waals surface area contributed by atoms with Gasteiger partial charge in [-0.2, -0.15) is 0 Å². The molecular weight excluding hydrogens is 356 g/mol. The Morgan fingerprint density at radius 1 is 1.31 bits per heavy atom. The summed E-state index contributed by atoms with van der Waals surface area (Å²) in [6, 6.07) is 4.08. The summed E-state index contributed by atoms with van der Waals surface area (Å²) in [6.45, 7) is 4.89. The monoisotopic (exact) mass is 380 g/mol. The number of phenols is 1. The second-order valence-electron chi connectivity index (χ2n) is 7.49. The van der Waals surface area contributed by atoms with Gasteiger partial charge in [0.2, 0.25) is 0 Å². The molecule has 0 bridgehead atoms. The van der Waals surface area contributed by atoms with E-state index >= 15 is 0 Å². The number of hydrogen-bond donors (Lipinski definition) is 2. The molecule has 1 aromatic carbocycles. The van der Waals surface area contributed by atoms with Gasteiger partial charge in [-0.25, -0.2) is 0 Å². The fourth-order valence-electron chi connectivity index (χ4n) is 4.28. The molecule has 0 unspecified atom stereocenters. The van der Waals surface area contributed by atoms with Crippen LogP contribution in [0.15, 0.2) is 18.2 Å². The number of nitrogens with zero attached hydrogens (tertiary/aromatic N) is 2. The topological polar surface area (TPSA) is 81.1 Å². The van der Waals surface area contributed by atoms with E-state index in [0.717, 1.165) is 32.4 Å². The first-order valence-corrected chi connectivity index (χ1v) is 9.48. The minimum atomic E-state index is -0.743. The number of amides is 1. The van der Waals surface area contributed by atoms with Gasteiger partial charge in [-0.05, 0) is 55.8 Å². The quantitative estimate of drug-likeness (QED) is 0.839. The van der Waals surface area contributed by atoms with Gasteiger partial charge >= 0.3 is 5.97 Å². The average Bonchev–Trinajstić information content (AvgIpc) is 2.96. The highest BCUT2D eigenvalue weighted by Gasteiger charge is 2.48. The summed E-state index contributed by atoms with van der Waals surface area (Å²) in [5, 5.41) is 19.2. The van der Waals surface area contributed by atoms with E-state index in [-0.39, 0.29) is 22.1 Å². The molecule has 1 spiro atoms. The first kappa shape index (κ1) is 19.0. The molecule has 2 N–H and O–H groups in total. The van der Waals surface area contributed by atoms with Gasteiger partial charge in [-0.1, -0.05) is 18.5 Å². The Morgan fingerprint density at radius 2 is 2.00 bits per heavy atom. The molecule has 7 heteroatoms. The third-order valence-corrected chi connectivity index (χ3v) is 6.01. The van der Waals surface area contributed by atoms with E-state index < -0.39 is 12.0 Å². The van der Waals surface area contributed by atoms with E-state index in [4.69, 9.17) is 11.6 Å². The van der Waals surface area contributed by atoms with Crippen molar-refractivity contribution in [2.75, 3.05) is 26.2 Å². The van der Waals surface area contributed by atoms with Gasteiger partial charge in [0.15, 0.2) is 0 Å². The molecule has 2 heterocycles. The Morgan fingerprint density at radius 3 is 2.58 bits per heavy atom. The number of carbonyl (C=O) groups is 2. The Kier molecular flexibility index (Phi) is 5.44. The molecule has 0 aliphatic carbocycles. The second kappa shape index (κ2) is 7.45. The smallest absolute Gasteiger partial charge is 0.320 e. The molecule has 0 radical (unpaired) electrons. The van der Waals surface area contributed by atoms with E-state index in [1.807, 2.05) is 0 Å². The average molecular weight is 381 g/mol. The van der Waals surface area contributed by atoms with Crippen molar-refractivity contribution in [1.82, 2.24) is 9.80 Å². The zero-order valence-corrected chi connectivity index (χ0v) is 15.7. The Bertz CT molecular complexity index is 701. The van der Waals surface area contributed by atoms with Crippen molar-refractivity contribution in [1.29, 1.82) is 0 Å². The fourth-order valence-corrected chi connectivity index (χ4v) is 4.46. The van der Waals surface area contributed by atoms with Crippen LogP contribution in [0.5, 0.6) is 5.75 Å². The predicted molar refractivity (Wildman–Crippen MR) is 98.6 cm³/mol. The summed E-state index contributed by atoms with van der Waals surface area (Å²) in [5.41, 5.74) is 0.452. The fraction of sp³-hybridized carbons (Fsp3) is 0.579. The van der Waals surface area contributed by atoms with Crippen molar-refractivity contribution in [3.63, 3.8) is 0 Å². The lowest BCUT2D eigenvalue weighted by atomic mass is 9.76. The lowest BCUT2D eigenvalue weighted by Crippen LogP contribution is -2.44. The normalized spacial score (nSPS) is 22.7. The summed E-state index contributed by atoms with van der Waals surface area (Å²) >= 11 is 5.90. The van der Waals surface area contributed by atoms with E-state index in [1.165, 1.54) is 12.1 Å². The number of piperidine rings is 1. The molecule has 1 aromatic rings. The number of halogens is 1. The molecule has 3 rings (SSSR count). The maximum absolute atomic E-state index is 12.7. The second-order valence-corrected chi connectivity index (χ2v) is 7.89. The maximum atomic E-state index is 12.7. The summed E-state index contributed by atoms with van der Waals surface area (Å²) in [4.78, 5) is 28.2. The number of benzene rings is 1. The number of hydrogen-bond acceptors (Lipinski definition) is 4. The molecule has 6 nitrogen and oxygen atoms in total. The van der Waals surface area contributed by atoms with Gasteiger partial charge in [-0.3, -0.25) is 14.5 Å². The number of aromatic hydroxyl groups is 1. The van der Waals surface area contributed by atoms with Gasteiger partial charge in [-0.15, -0.1) is 0 Å². The Balaban J connectivity index is 1.66. The van der Waals surface area contributed by atoms with E-state index in [9.17, 15) is 19.8 Å². The van der Waals surface area contributed by atoms with Crippen LogP contribution in [0, 0.1) is 5.41 Å². The number of phenolic OH excluding ortho intramolecular Hbond substituents is 1. The van der Waals surface area contributed by atoms with Crippen LogP contribution in [-0.2, 0) is 4.79 Å². The van der Waals surface area contributed by atoms with Crippen molar-refractivity contribution in [2.24, 2.45) is 5.41 Å². The molecule has 2 aliphatic heterocycles. The van der Waals surface area contributed by atoms with Gasteiger partial charge in [0.25, 0.3) is 5.91 Å². The molecule has 26 heavy (non-hydrogen) atoms. The molecule has 142 valence electrons. The van der Waals surface area contributed by atoms with E-state index in [0.29, 0.717) is 25.1 Å². The summed E-state index contributed by atoms with van der Waals surface area (Å²) < 4.78 is 0. The molecule has 1 amide bonds. The number of aliphatic carboxylic acids is 1. The first-order valence-electron chi connectivity index (χ1n) is 9.10.